The summed E-state index contributed by atoms with van der Waals surface area (Å²) < 4.78 is 4.81. The third-order valence-electron chi connectivity index (χ3n) is 4.57. The van der Waals surface area contributed by atoms with E-state index in [1.54, 1.807) is 7.05 Å². The minimum Gasteiger partial charge on any atom is -0.469 e. The van der Waals surface area contributed by atoms with Crippen LogP contribution in [0.2, 0.25) is 0 Å². The SMILES string of the molecule is CCc1cccc(NC(=O)CNC(=NC)N2CCC(C(=O)OC)CC2)c1. The second kappa shape index (κ2) is 9.79. The van der Waals surface area contributed by atoms with Gasteiger partial charge in [-0.3, -0.25) is 14.6 Å². The molecule has 1 aromatic rings. The number of carbonyl (C=O) groups is 2. The lowest BCUT2D eigenvalue weighted by Crippen LogP contribution is -2.48. The summed E-state index contributed by atoms with van der Waals surface area (Å²) in [5.41, 5.74) is 1.98. The van der Waals surface area contributed by atoms with Gasteiger partial charge in [0.1, 0.15) is 0 Å². The van der Waals surface area contributed by atoms with Crippen molar-refractivity contribution in [3.05, 3.63) is 29.8 Å². The molecule has 142 valence electrons. The van der Waals surface area contributed by atoms with Crippen molar-refractivity contribution < 1.29 is 14.3 Å². The molecule has 1 amide bonds. The second-order valence-electron chi connectivity index (χ2n) is 6.29. The van der Waals surface area contributed by atoms with Gasteiger partial charge in [0.25, 0.3) is 0 Å². The van der Waals surface area contributed by atoms with E-state index in [1.807, 2.05) is 24.3 Å². The molecule has 1 fully saturated rings. The Labute approximate surface area is 154 Å². The van der Waals surface area contributed by atoms with Gasteiger partial charge in [0.2, 0.25) is 5.91 Å². The van der Waals surface area contributed by atoms with Crippen LogP contribution in [0.5, 0.6) is 0 Å². The number of hydrogen-bond acceptors (Lipinski definition) is 4. The molecular weight excluding hydrogens is 332 g/mol. The molecule has 1 aromatic carbocycles. The number of rotatable bonds is 5. The second-order valence-corrected chi connectivity index (χ2v) is 6.29. The Hall–Kier alpha value is -2.57. The van der Waals surface area contributed by atoms with E-state index >= 15 is 0 Å². The Kier molecular flexibility index (Phi) is 7.44. The van der Waals surface area contributed by atoms with E-state index < -0.39 is 0 Å². The van der Waals surface area contributed by atoms with Crippen LogP contribution in [0.3, 0.4) is 0 Å². The quantitative estimate of drug-likeness (QED) is 0.474. The molecule has 2 rings (SSSR count). The Balaban J connectivity index is 1.81. The maximum Gasteiger partial charge on any atom is 0.308 e. The van der Waals surface area contributed by atoms with Gasteiger partial charge in [-0.05, 0) is 37.0 Å². The van der Waals surface area contributed by atoms with Crippen LogP contribution >= 0.6 is 0 Å². The fourth-order valence-electron chi connectivity index (χ4n) is 3.06. The molecule has 1 heterocycles. The van der Waals surface area contributed by atoms with Crippen LogP contribution in [0.1, 0.15) is 25.3 Å². The van der Waals surface area contributed by atoms with Crippen molar-refractivity contribution >= 4 is 23.5 Å². The molecule has 0 saturated carbocycles. The van der Waals surface area contributed by atoms with Gasteiger partial charge in [0, 0.05) is 25.8 Å². The first-order valence-corrected chi connectivity index (χ1v) is 8.99. The van der Waals surface area contributed by atoms with Crippen LogP contribution in [0.25, 0.3) is 0 Å². The summed E-state index contributed by atoms with van der Waals surface area (Å²) in [5.74, 6) is 0.347. The molecule has 0 radical (unpaired) electrons. The van der Waals surface area contributed by atoms with E-state index in [0.717, 1.165) is 24.9 Å². The molecule has 26 heavy (non-hydrogen) atoms. The Morgan fingerprint density at radius 1 is 1.31 bits per heavy atom. The summed E-state index contributed by atoms with van der Waals surface area (Å²) in [7, 11) is 3.11. The van der Waals surface area contributed by atoms with Crippen LogP contribution in [-0.2, 0) is 20.7 Å². The van der Waals surface area contributed by atoms with Crippen LogP contribution in [0.4, 0.5) is 5.69 Å². The van der Waals surface area contributed by atoms with Crippen molar-refractivity contribution in [3.8, 4) is 0 Å². The fourth-order valence-corrected chi connectivity index (χ4v) is 3.06. The summed E-state index contributed by atoms with van der Waals surface area (Å²) in [5, 5.41) is 5.99. The molecular formula is C19H28N4O3. The highest BCUT2D eigenvalue weighted by atomic mass is 16.5. The third kappa shape index (κ3) is 5.47. The number of nitrogens with zero attached hydrogens (tertiary/aromatic N) is 2. The van der Waals surface area contributed by atoms with Gasteiger partial charge in [-0.25, -0.2) is 0 Å². The number of hydrogen-bond donors (Lipinski definition) is 2. The topological polar surface area (TPSA) is 83.0 Å². The van der Waals surface area contributed by atoms with E-state index in [9.17, 15) is 9.59 Å². The maximum atomic E-state index is 12.2. The van der Waals surface area contributed by atoms with Crippen LogP contribution in [0.15, 0.2) is 29.3 Å². The highest BCUT2D eigenvalue weighted by Crippen LogP contribution is 2.18. The lowest BCUT2D eigenvalue weighted by molar-refractivity contribution is -0.146. The number of nitrogens with one attached hydrogen (secondary N) is 2. The number of aryl methyl sites for hydroxylation is 1. The van der Waals surface area contributed by atoms with Gasteiger partial charge in [-0.1, -0.05) is 19.1 Å². The molecule has 0 atom stereocenters. The summed E-state index contributed by atoms with van der Waals surface area (Å²) in [6.45, 7) is 3.63. The lowest BCUT2D eigenvalue weighted by atomic mass is 9.97. The molecule has 7 nitrogen and oxygen atoms in total. The number of anilines is 1. The van der Waals surface area contributed by atoms with Crippen molar-refractivity contribution in [1.29, 1.82) is 0 Å². The standard InChI is InChI=1S/C19H28N4O3/c1-4-14-6-5-7-16(12-14)22-17(24)13-21-19(20-2)23-10-8-15(9-11-23)18(25)26-3/h5-7,12,15H,4,8-11,13H2,1-3H3,(H,20,21)(H,22,24). The van der Waals surface area contributed by atoms with Gasteiger partial charge in [0.15, 0.2) is 5.96 Å². The number of guanidine groups is 1. The first-order chi connectivity index (χ1) is 12.6. The summed E-state index contributed by atoms with van der Waals surface area (Å²) in [4.78, 5) is 30.1. The van der Waals surface area contributed by atoms with Crippen LogP contribution < -0.4 is 10.6 Å². The van der Waals surface area contributed by atoms with Crippen molar-refractivity contribution in [2.45, 2.75) is 26.2 Å². The number of piperidine rings is 1. The third-order valence-corrected chi connectivity index (χ3v) is 4.57. The van der Waals surface area contributed by atoms with E-state index in [2.05, 4.69) is 27.4 Å². The van der Waals surface area contributed by atoms with E-state index in [4.69, 9.17) is 4.74 Å². The Bertz CT molecular complexity index is 652. The number of amides is 1. The number of ether oxygens (including phenoxy) is 1. The van der Waals surface area contributed by atoms with E-state index in [1.165, 1.54) is 12.7 Å². The molecule has 0 aliphatic carbocycles. The molecule has 0 aromatic heterocycles. The van der Waals surface area contributed by atoms with Gasteiger partial charge < -0.3 is 20.3 Å². The smallest absolute Gasteiger partial charge is 0.308 e. The lowest BCUT2D eigenvalue weighted by Gasteiger charge is -2.33. The average molecular weight is 360 g/mol. The number of aliphatic imine (C=N–C) groups is 1. The summed E-state index contributed by atoms with van der Waals surface area (Å²) in [6.07, 6.45) is 2.38. The van der Waals surface area contributed by atoms with Gasteiger partial charge in [-0.2, -0.15) is 0 Å². The zero-order valence-electron chi connectivity index (χ0n) is 15.7. The van der Waals surface area contributed by atoms with Crippen molar-refractivity contribution in [2.24, 2.45) is 10.9 Å². The van der Waals surface area contributed by atoms with Crippen molar-refractivity contribution in [1.82, 2.24) is 10.2 Å². The van der Waals surface area contributed by atoms with Gasteiger partial charge >= 0.3 is 5.97 Å². The molecule has 2 N–H and O–H groups in total. The molecule has 1 aliphatic rings. The number of methoxy groups -OCH3 is 1. The summed E-state index contributed by atoms with van der Waals surface area (Å²) >= 11 is 0. The van der Waals surface area contributed by atoms with Crippen molar-refractivity contribution in [2.75, 3.05) is 39.1 Å². The molecule has 0 unspecified atom stereocenters. The molecule has 1 saturated heterocycles. The Morgan fingerprint density at radius 3 is 2.65 bits per heavy atom. The molecule has 1 aliphatic heterocycles. The highest BCUT2D eigenvalue weighted by Gasteiger charge is 2.27. The monoisotopic (exact) mass is 360 g/mol. The predicted octanol–water partition coefficient (Wildman–Crippen LogP) is 1.65. The number of benzene rings is 1. The minimum absolute atomic E-state index is 0.0523. The van der Waals surface area contributed by atoms with Crippen LogP contribution in [-0.4, -0.2) is 56.5 Å². The van der Waals surface area contributed by atoms with Crippen LogP contribution in [0, 0.1) is 5.92 Å². The minimum atomic E-state index is -0.152. The van der Waals surface area contributed by atoms with E-state index in [-0.39, 0.29) is 24.3 Å². The Morgan fingerprint density at radius 2 is 2.04 bits per heavy atom. The van der Waals surface area contributed by atoms with E-state index in [0.29, 0.717) is 19.0 Å². The zero-order valence-corrected chi connectivity index (χ0v) is 15.7. The zero-order chi connectivity index (χ0) is 18.9. The fraction of sp³-hybridized carbons (Fsp3) is 0.526. The first-order valence-electron chi connectivity index (χ1n) is 8.99. The summed E-state index contributed by atoms with van der Waals surface area (Å²) in [6, 6.07) is 7.83. The number of carbonyl (C=O) groups excluding carboxylic acids is 2. The van der Waals surface area contributed by atoms with Gasteiger partial charge in [-0.15, -0.1) is 0 Å². The highest BCUT2D eigenvalue weighted by molar-refractivity contribution is 5.95. The molecule has 7 heteroatoms. The predicted molar refractivity (Wildman–Crippen MR) is 102 cm³/mol. The average Bonchev–Trinajstić information content (AvgIpc) is 2.68. The molecule has 0 bridgehead atoms. The normalized spacial score (nSPS) is 15.5. The number of likely N-dealkylation sites (tertiary alicyclic amines) is 1. The largest absolute Gasteiger partial charge is 0.469 e. The maximum absolute atomic E-state index is 12.2. The number of esters is 1. The van der Waals surface area contributed by atoms with Crippen molar-refractivity contribution in [3.63, 3.8) is 0 Å². The molecule has 0 spiro atoms. The first kappa shape index (κ1) is 19.8. The van der Waals surface area contributed by atoms with Gasteiger partial charge in [0.05, 0.1) is 19.6 Å².